The van der Waals surface area contributed by atoms with Crippen molar-refractivity contribution in [3.8, 4) is 5.75 Å². The topological polar surface area (TPSA) is 81.4 Å². The minimum atomic E-state index is -0.174. The number of carbonyl (C=O) groups is 1. The molecule has 1 atom stereocenters. The van der Waals surface area contributed by atoms with Crippen molar-refractivity contribution in [2.45, 2.75) is 45.3 Å². The molecule has 0 aliphatic carbocycles. The molecule has 0 fully saturated rings. The number of amides is 1. The van der Waals surface area contributed by atoms with E-state index in [4.69, 9.17) is 16.3 Å². The number of aryl methyl sites for hydroxylation is 2. The van der Waals surface area contributed by atoms with Crippen molar-refractivity contribution in [3.05, 3.63) is 45.1 Å². The van der Waals surface area contributed by atoms with Crippen LogP contribution >= 0.6 is 11.6 Å². The molecule has 0 saturated heterocycles. The van der Waals surface area contributed by atoms with Crippen LogP contribution in [0.4, 0.5) is 0 Å². The summed E-state index contributed by atoms with van der Waals surface area (Å²) in [5, 5.41) is 8.13. The Bertz CT molecular complexity index is 921. The molecule has 1 aromatic carbocycles. The standard InChI is InChI=1S/C20H28ClN5O3/c1-14-12-15(21)4-6-17(14)29-13-19(27)22-16-5-7-18-23-26(11-10-24(2)3)20(28)25(18)9-8-16/h4,6,12,16H,5,7-11,13H2,1-3H3,(H,22,27). The van der Waals surface area contributed by atoms with Gasteiger partial charge in [0.05, 0.1) is 6.54 Å². The maximum atomic E-state index is 12.6. The SMILES string of the molecule is Cc1cc(Cl)ccc1OCC(=O)NC1CCc2nn(CCN(C)C)c(=O)n2CC1. The molecule has 9 heteroatoms. The van der Waals surface area contributed by atoms with Gasteiger partial charge in [0.1, 0.15) is 11.6 Å². The lowest BCUT2D eigenvalue weighted by molar-refractivity contribution is -0.123. The third kappa shape index (κ3) is 5.61. The largest absolute Gasteiger partial charge is 0.484 e. The van der Waals surface area contributed by atoms with Crippen molar-refractivity contribution >= 4 is 17.5 Å². The van der Waals surface area contributed by atoms with Gasteiger partial charge < -0.3 is 15.0 Å². The van der Waals surface area contributed by atoms with E-state index < -0.39 is 0 Å². The van der Waals surface area contributed by atoms with E-state index in [1.807, 2.05) is 25.9 Å². The van der Waals surface area contributed by atoms with E-state index in [1.54, 1.807) is 22.8 Å². The van der Waals surface area contributed by atoms with E-state index >= 15 is 0 Å². The molecule has 1 N–H and O–H groups in total. The summed E-state index contributed by atoms with van der Waals surface area (Å²) in [6, 6.07) is 5.29. The number of likely N-dealkylation sites (N-methyl/N-ethyl adjacent to an activating group) is 1. The van der Waals surface area contributed by atoms with E-state index in [0.717, 1.165) is 24.4 Å². The molecule has 158 valence electrons. The van der Waals surface area contributed by atoms with Crippen LogP contribution in [0, 0.1) is 6.92 Å². The van der Waals surface area contributed by atoms with Crippen LogP contribution in [0.25, 0.3) is 0 Å². The van der Waals surface area contributed by atoms with Crippen LogP contribution in [-0.2, 0) is 24.3 Å². The first-order valence-corrected chi connectivity index (χ1v) is 10.2. The van der Waals surface area contributed by atoms with E-state index in [2.05, 4.69) is 10.4 Å². The smallest absolute Gasteiger partial charge is 0.345 e. The number of aromatic nitrogens is 3. The molecular formula is C20H28ClN5O3. The van der Waals surface area contributed by atoms with Gasteiger partial charge in [-0.2, -0.15) is 5.10 Å². The fourth-order valence-corrected chi connectivity index (χ4v) is 3.63. The van der Waals surface area contributed by atoms with Gasteiger partial charge in [0.2, 0.25) is 0 Å². The van der Waals surface area contributed by atoms with Crippen molar-refractivity contribution in [3.63, 3.8) is 0 Å². The van der Waals surface area contributed by atoms with Crippen molar-refractivity contribution in [1.82, 2.24) is 24.6 Å². The van der Waals surface area contributed by atoms with Gasteiger partial charge in [-0.3, -0.25) is 9.36 Å². The third-order valence-electron chi connectivity index (χ3n) is 5.04. The highest BCUT2D eigenvalue weighted by Crippen LogP contribution is 2.21. The van der Waals surface area contributed by atoms with Gasteiger partial charge in [0.25, 0.3) is 5.91 Å². The van der Waals surface area contributed by atoms with Crippen LogP contribution in [-0.4, -0.2) is 58.4 Å². The van der Waals surface area contributed by atoms with Gasteiger partial charge in [-0.15, -0.1) is 0 Å². The van der Waals surface area contributed by atoms with Crippen molar-refractivity contribution in [2.24, 2.45) is 0 Å². The Kier molecular flexibility index (Phi) is 6.97. The molecule has 0 saturated carbocycles. The first-order chi connectivity index (χ1) is 13.8. The van der Waals surface area contributed by atoms with Gasteiger partial charge >= 0.3 is 5.69 Å². The Labute approximate surface area is 175 Å². The molecule has 2 aromatic rings. The molecule has 29 heavy (non-hydrogen) atoms. The van der Waals surface area contributed by atoms with Crippen LogP contribution in [0.5, 0.6) is 5.75 Å². The van der Waals surface area contributed by atoms with Crippen LogP contribution in [0.15, 0.2) is 23.0 Å². The van der Waals surface area contributed by atoms with Gasteiger partial charge in [0, 0.05) is 30.6 Å². The number of carbonyl (C=O) groups excluding carboxylic acids is 1. The number of hydrogen-bond acceptors (Lipinski definition) is 5. The number of benzene rings is 1. The zero-order valence-electron chi connectivity index (χ0n) is 17.2. The number of halogens is 1. The molecule has 8 nitrogen and oxygen atoms in total. The molecular weight excluding hydrogens is 394 g/mol. The van der Waals surface area contributed by atoms with Crippen molar-refractivity contribution < 1.29 is 9.53 Å². The average Bonchev–Trinajstić information content (AvgIpc) is 2.82. The first kappa shape index (κ1) is 21.4. The Morgan fingerprint density at radius 2 is 2.17 bits per heavy atom. The normalized spacial score (nSPS) is 16.4. The molecule has 3 rings (SSSR count). The molecule has 1 aliphatic rings. The lowest BCUT2D eigenvalue weighted by Crippen LogP contribution is -2.38. The van der Waals surface area contributed by atoms with E-state index in [1.165, 1.54) is 4.68 Å². The molecule has 1 amide bonds. The molecule has 0 spiro atoms. The predicted octanol–water partition coefficient (Wildman–Crippen LogP) is 1.47. The predicted molar refractivity (Wildman–Crippen MR) is 112 cm³/mol. The summed E-state index contributed by atoms with van der Waals surface area (Å²) in [5.74, 6) is 1.26. The Balaban J connectivity index is 1.52. The highest BCUT2D eigenvalue weighted by molar-refractivity contribution is 6.30. The van der Waals surface area contributed by atoms with E-state index in [9.17, 15) is 9.59 Å². The number of rotatable bonds is 7. The minimum absolute atomic E-state index is 0.00580. The van der Waals surface area contributed by atoms with Crippen LogP contribution in [0.2, 0.25) is 5.02 Å². The molecule has 0 bridgehead atoms. The number of hydrogen-bond donors (Lipinski definition) is 1. The molecule has 0 radical (unpaired) electrons. The minimum Gasteiger partial charge on any atom is -0.484 e. The zero-order valence-corrected chi connectivity index (χ0v) is 17.9. The fraction of sp³-hybridized carbons (Fsp3) is 0.550. The van der Waals surface area contributed by atoms with Gasteiger partial charge in [0.15, 0.2) is 6.61 Å². The summed E-state index contributed by atoms with van der Waals surface area (Å²) >= 11 is 5.94. The van der Waals surface area contributed by atoms with Gasteiger partial charge in [-0.1, -0.05) is 11.6 Å². The van der Waals surface area contributed by atoms with E-state index in [-0.39, 0.29) is 24.2 Å². The number of nitrogens with one attached hydrogen (secondary N) is 1. The van der Waals surface area contributed by atoms with Gasteiger partial charge in [-0.25, -0.2) is 9.48 Å². The van der Waals surface area contributed by atoms with Crippen LogP contribution in [0.1, 0.15) is 24.2 Å². The zero-order chi connectivity index (χ0) is 21.0. The first-order valence-electron chi connectivity index (χ1n) is 9.83. The summed E-state index contributed by atoms with van der Waals surface area (Å²) in [4.78, 5) is 26.9. The maximum absolute atomic E-state index is 12.6. The second kappa shape index (κ2) is 9.45. The number of ether oxygens (including phenoxy) is 1. The Morgan fingerprint density at radius 1 is 1.38 bits per heavy atom. The quantitative estimate of drug-likeness (QED) is 0.732. The van der Waals surface area contributed by atoms with Crippen LogP contribution < -0.4 is 15.7 Å². The molecule has 1 unspecified atom stereocenters. The average molecular weight is 422 g/mol. The van der Waals surface area contributed by atoms with Crippen molar-refractivity contribution in [2.75, 3.05) is 27.2 Å². The number of nitrogens with zero attached hydrogens (tertiary/aromatic N) is 4. The Morgan fingerprint density at radius 3 is 2.90 bits per heavy atom. The monoisotopic (exact) mass is 421 g/mol. The van der Waals surface area contributed by atoms with Crippen LogP contribution in [0.3, 0.4) is 0 Å². The lowest BCUT2D eigenvalue weighted by Gasteiger charge is -2.17. The molecule has 1 aliphatic heterocycles. The van der Waals surface area contributed by atoms with E-state index in [0.29, 0.717) is 36.7 Å². The van der Waals surface area contributed by atoms with Crippen molar-refractivity contribution in [1.29, 1.82) is 0 Å². The summed E-state index contributed by atoms with van der Waals surface area (Å²) < 4.78 is 8.88. The second-order valence-corrected chi connectivity index (χ2v) is 8.10. The third-order valence-corrected chi connectivity index (χ3v) is 5.27. The molecule has 1 aromatic heterocycles. The maximum Gasteiger partial charge on any atom is 0.345 e. The lowest BCUT2D eigenvalue weighted by atomic mass is 10.1. The summed E-state index contributed by atoms with van der Waals surface area (Å²) in [6.45, 7) is 3.73. The summed E-state index contributed by atoms with van der Waals surface area (Å²) in [6.07, 6.45) is 2.10. The second-order valence-electron chi connectivity index (χ2n) is 7.67. The summed E-state index contributed by atoms with van der Waals surface area (Å²) in [7, 11) is 3.94. The number of fused-ring (bicyclic) bond motifs is 1. The summed E-state index contributed by atoms with van der Waals surface area (Å²) in [5.41, 5.74) is 0.811. The fourth-order valence-electron chi connectivity index (χ4n) is 3.40. The highest BCUT2D eigenvalue weighted by atomic mass is 35.5. The van der Waals surface area contributed by atoms with Gasteiger partial charge in [-0.05, 0) is 57.6 Å². The highest BCUT2D eigenvalue weighted by Gasteiger charge is 2.22. The molecule has 2 heterocycles. The Hall–Kier alpha value is -2.32.